The van der Waals surface area contributed by atoms with Crippen molar-refractivity contribution < 1.29 is 4.74 Å². The molecule has 0 fully saturated rings. The van der Waals surface area contributed by atoms with Crippen molar-refractivity contribution in [1.82, 2.24) is 5.32 Å². The van der Waals surface area contributed by atoms with E-state index in [1.165, 1.54) is 5.56 Å². The van der Waals surface area contributed by atoms with Gasteiger partial charge in [-0.05, 0) is 32.0 Å². The van der Waals surface area contributed by atoms with Crippen molar-refractivity contribution in [3.8, 4) is 5.75 Å². The summed E-state index contributed by atoms with van der Waals surface area (Å²) in [6.07, 6.45) is 2.11. The number of nitrogens with one attached hydrogen (secondary N) is 2. The van der Waals surface area contributed by atoms with Gasteiger partial charge in [-0.25, -0.2) is 0 Å². The van der Waals surface area contributed by atoms with Crippen molar-refractivity contribution in [2.45, 2.75) is 18.9 Å². The molecule has 16 heavy (non-hydrogen) atoms. The van der Waals surface area contributed by atoms with Gasteiger partial charge in [0.25, 0.3) is 0 Å². The summed E-state index contributed by atoms with van der Waals surface area (Å²) in [5, 5.41) is 7.42. The summed E-state index contributed by atoms with van der Waals surface area (Å²) in [6, 6.07) is 4.26. The van der Waals surface area contributed by atoms with E-state index in [-0.39, 0.29) is 0 Å². The van der Waals surface area contributed by atoms with Crippen molar-refractivity contribution >= 4 is 17.3 Å². The van der Waals surface area contributed by atoms with Gasteiger partial charge in [0.05, 0.1) is 17.8 Å². The number of rotatable bonds is 3. The highest BCUT2D eigenvalue weighted by atomic mass is 35.5. The van der Waals surface area contributed by atoms with Gasteiger partial charge in [-0.2, -0.15) is 0 Å². The van der Waals surface area contributed by atoms with Crippen LogP contribution in [0.25, 0.3) is 0 Å². The summed E-state index contributed by atoms with van der Waals surface area (Å²) in [7, 11) is 3.66. The first kappa shape index (κ1) is 11.6. The van der Waals surface area contributed by atoms with Crippen LogP contribution in [0.2, 0.25) is 5.02 Å². The van der Waals surface area contributed by atoms with Gasteiger partial charge in [-0.3, -0.25) is 0 Å². The molecular formula is C12H17ClN2O. The van der Waals surface area contributed by atoms with Crippen LogP contribution in [-0.4, -0.2) is 26.7 Å². The molecule has 1 aromatic rings. The lowest BCUT2D eigenvalue weighted by Crippen LogP contribution is -2.34. The average Bonchev–Trinajstić information content (AvgIpc) is 2.31. The Balaban J connectivity index is 2.30. The third-order valence-corrected chi connectivity index (χ3v) is 3.30. The quantitative estimate of drug-likeness (QED) is 0.851. The van der Waals surface area contributed by atoms with Crippen LogP contribution in [0, 0.1) is 0 Å². The Labute approximate surface area is 101 Å². The molecule has 3 nitrogen and oxygen atoms in total. The summed E-state index contributed by atoms with van der Waals surface area (Å²) in [5.41, 5.74) is 2.23. The molecule has 1 heterocycles. The average molecular weight is 241 g/mol. The zero-order valence-corrected chi connectivity index (χ0v) is 10.4. The minimum Gasteiger partial charge on any atom is -0.496 e. The lowest BCUT2D eigenvalue weighted by atomic mass is 9.97. The molecule has 0 bridgehead atoms. The number of methoxy groups -OCH3 is 1. The minimum absolute atomic E-state index is 0.446. The van der Waals surface area contributed by atoms with Crippen LogP contribution in [0.15, 0.2) is 12.1 Å². The molecule has 1 unspecified atom stereocenters. The van der Waals surface area contributed by atoms with Crippen molar-refractivity contribution in [2.24, 2.45) is 0 Å². The molecule has 4 heteroatoms. The first-order valence-corrected chi connectivity index (χ1v) is 5.90. The van der Waals surface area contributed by atoms with Gasteiger partial charge in [0.15, 0.2) is 0 Å². The number of likely N-dealkylation sites (N-methyl/N-ethyl adjacent to an activating group) is 1. The van der Waals surface area contributed by atoms with E-state index in [0.29, 0.717) is 6.04 Å². The molecule has 88 valence electrons. The number of benzene rings is 1. The first-order chi connectivity index (χ1) is 7.76. The van der Waals surface area contributed by atoms with Crippen molar-refractivity contribution in [3.63, 3.8) is 0 Å². The van der Waals surface area contributed by atoms with E-state index in [1.54, 1.807) is 7.11 Å². The molecule has 0 aromatic heterocycles. The molecule has 0 radical (unpaired) electrons. The fourth-order valence-electron chi connectivity index (χ4n) is 2.19. The summed E-state index contributed by atoms with van der Waals surface area (Å²) < 4.78 is 5.35. The molecule has 2 rings (SSSR count). The number of halogens is 1. The summed E-state index contributed by atoms with van der Waals surface area (Å²) >= 11 is 6.20. The maximum Gasteiger partial charge on any atom is 0.124 e. The summed E-state index contributed by atoms with van der Waals surface area (Å²) in [5.74, 6) is 0.926. The van der Waals surface area contributed by atoms with E-state index in [9.17, 15) is 0 Å². The molecule has 1 aliphatic rings. The van der Waals surface area contributed by atoms with Gasteiger partial charge in [0.1, 0.15) is 5.75 Å². The van der Waals surface area contributed by atoms with Gasteiger partial charge in [0.2, 0.25) is 0 Å². The zero-order chi connectivity index (χ0) is 11.5. The number of hydrogen-bond donors (Lipinski definition) is 2. The molecule has 1 atom stereocenters. The molecular weight excluding hydrogens is 224 g/mol. The predicted molar refractivity (Wildman–Crippen MR) is 67.7 cm³/mol. The molecule has 0 saturated carbocycles. The van der Waals surface area contributed by atoms with Crippen molar-refractivity contribution in [2.75, 3.05) is 26.0 Å². The van der Waals surface area contributed by atoms with Crippen molar-refractivity contribution in [3.05, 3.63) is 22.7 Å². The van der Waals surface area contributed by atoms with E-state index >= 15 is 0 Å². The Morgan fingerprint density at radius 2 is 2.38 bits per heavy atom. The fraction of sp³-hybridized carbons (Fsp3) is 0.500. The third-order valence-electron chi connectivity index (χ3n) is 2.98. The first-order valence-electron chi connectivity index (χ1n) is 5.52. The normalized spacial score (nSPS) is 18.8. The lowest BCUT2D eigenvalue weighted by molar-refractivity contribution is 0.407. The Morgan fingerprint density at radius 3 is 3.06 bits per heavy atom. The second kappa shape index (κ2) is 4.93. The Bertz CT molecular complexity index is 382. The zero-order valence-electron chi connectivity index (χ0n) is 9.64. The fourth-order valence-corrected chi connectivity index (χ4v) is 2.42. The highest BCUT2D eigenvalue weighted by molar-refractivity contribution is 6.33. The number of ether oxygens (including phenoxy) is 1. The van der Waals surface area contributed by atoms with Gasteiger partial charge in [0, 0.05) is 18.2 Å². The summed E-state index contributed by atoms with van der Waals surface area (Å²) in [4.78, 5) is 0. The number of hydrogen-bond acceptors (Lipinski definition) is 3. The van der Waals surface area contributed by atoms with Gasteiger partial charge >= 0.3 is 0 Å². The molecule has 2 N–H and O–H groups in total. The highest BCUT2D eigenvalue weighted by Crippen LogP contribution is 2.37. The molecule has 0 saturated heterocycles. The van der Waals surface area contributed by atoms with E-state index in [2.05, 4.69) is 10.6 Å². The van der Waals surface area contributed by atoms with E-state index < -0.39 is 0 Å². The van der Waals surface area contributed by atoms with Gasteiger partial charge in [-0.1, -0.05) is 11.6 Å². The second-order valence-electron chi connectivity index (χ2n) is 4.04. The highest BCUT2D eigenvalue weighted by Gasteiger charge is 2.22. The van der Waals surface area contributed by atoms with Crippen LogP contribution in [0.3, 0.4) is 0 Å². The van der Waals surface area contributed by atoms with Crippen LogP contribution < -0.4 is 15.4 Å². The molecule has 1 aliphatic heterocycles. The SMILES string of the molecule is CNCC1CCc2c(OC)ccc(Cl)c2N1. The number of fused-ring (bicyclic) bond motifs is 1. The lowest BCUT2D eigenvalue weighted by Gasteiger charge is -2.28. The Morgan fingerprint density at radius 1 is 1.56 bits per heavy atom. The maximum absolute atomic E-state index is 6.20. The Hall–Kier alpha value is -0.930. The predicted octanol–water partition coefficient (Wildman–Crippen LogP) is 2.29. The van der Waals surface area contributed by atoms with Crippen LogP contribution in [0.4, 0.5) is 5.69 Å². The van der Waals surface area contributed by atoms with E-state index in [4.69, 9.17) is 16.3 Å². The van der Waals surface area contributed by atoms with Crippen LogP contribution in [0.5, 0.6) is 5.75 Å². The second-order valence-corrected chi connectivity index (χ2v) is 4.45. The largest absolute Gasteiger partial charge is 0.496 e. The molecule has 0 aliphatic carbocycles. The van der Waals surface area contributed by atoms with Crippen LogP contribution >= 0.6 is 11.6 Å². The molecule has 0 amide bonds. The smallest absolute Gasteiger partial charge is 0.124 e. The van der Waals surface area contributed by atoms with Crippen molar-refractivity contribution in [1.29, 1.82) is 0 Å². The standard InChI is InChI=1S/C12H17ClN2O/c1-14-7-8-3-4-9-11(16-2)6-5-10(13)12(9)15-8/h5-6,8,14-15H,3-4,7H2,1-2H3. The Kier molecular flexibility index (Phi) is 3.56. The molecule has 0 spiro atoms. The van der Waals surface area contributed by atoms with E-state index in [1.807, 2.05) is 19.2 Å². The van der Waals surface area contributed by atoms with Crippen LogP contribution in [0.1, 0.15) is 12.0 Å². The molecule has 1 aromatic carbocycles. The maximum atomic E-state index is 6.20. The van der Waals surface area contributed by atoms with Gasteiger partial charge in [-0.15, -0.1) is 0 Å². The number of anilines is 1. The monoisotopic (exact) mass is 240 g/mol. The third kappa shape index (κ3) is 2.11. The topological polar surface area (TPSA) is 33.3 Å². The van der Waals surface area contributed by atoms with Gasteiger partial charge < -0.3 is 15.4 Å². The minimum atomic E-state index is 0.446. The van der Waals surface area contributed by atoms with E-state index in [0.717, 1.165) is 35.8 Å². The summed E-state index contributed by atoms with van der Waals surface area (Å²) in [6.45, 7) is 0.951. The van der Waals surface area contributed by atoms with Crippen LogP contribution in [-0.2, 0) is 6.42 Å².